The summed E-state index contributed by atoms with van der Waals surface area (Å²) in [5.41, 5.74) is -0.0391. The first-order valence-corrected chi connectivity index (χ1v) is 6.35. The molecule has 0 aliphatic carbocycles. The summed E-state index contributed by atoms with van der Waals surface area (Å²) in [6.45, 7) is 1.27. The van der Waals surface area contributed by atoms with Crippen LogP contribution in [0.25, 0.3) is 10.8 Å². The molecule has 0 spiro atoms. The Bertz CT molecular complexity index is 668. The zero-order valence-corrected chi connectivity index (χ0v) is 11.2. The van der Waals surface area contributed by atoms with Crippen LogP contribution in [0.4, 0.5) is 13.2 Å². The van der Waals surface area contributed by atoms with Gasteiger partial charge in [0.15, 0.2) is 0 Å². The molecule has 0 aliphatic rings. The lowest BCUT2D eigenvalue weighted by Crippen LogP contribution is -2.35. The predicted molar refractivity (Wildman–Crippen MR) is 73.2 cm³/mol. The van der Waals surface area contributed by atoms with Gasteiger partial charge in [-0.25, -0.2) is 0 Å². The number of aromatic hydroxyl groups is 1. The van der Waals surface area contributed by atoms with Gasteiger partial charge in [0, 0.05) is 6.04 Å². The van der Waals surface area contributed by atoms with Crippen molar-refractivity contribution in [1.29, 1.82) is 0 Å². The monoisotopic (exact) mass is 297 g/mol. The van der Waals surface area contributed by atoms with Crippen LogP contribution in [-0.2, 0) is 0 Å². The van der Waals surface area contributed by atoms with Crippen LogP contribution in [-0.4, -0.2) is 23.2 Å². The highest BCUT2D eigenvalue weighted by Gasteiger charge is 2.30. The molecule has 1 amide bonds. The lowest BCUT2D eigenvalue weighted by molar-refractivity contribution is -0.138. The number of carbonyl (C=O) groups excluding carboxylic acids is 1. The minimum absolute atomic E-state index is 0.0391. The van der Waals surface area contributed by atoms with Crippen LogP contribution >= 0.6 is 0 Å². The van der Waals surface area contributed by atoms with Gasteiger partial charge in [0.1, 0.15) is 5.75 Å². The number of rotatable bonds is 3. The van der Waals surface area contributed by atoms with Crippen molar-refractivity contribution in [3.63, 3.8) is 0 Å². The molecular formula is C15H14F3NO2. The van der Waals surface area contributed by atoms with Gasteiger partial charge in [-0.1, -0.05) is 24.3 Å². The van der Waals surface area contributed by atoms with Crippen LogP contribution in [0, 0.1) is 0 Å². The Morgan fingerprint density at radius 2 is 1.81 bits per heavy atom. The Kier molecular flexibility index (Phi) is 4.06. The molecule has 0 saturated heterocycles. The van der Waals surface area contributed by atoms with Gasteiger partial charge < -0.3 is 10.4 Å². The smallest absolute Gasteiger partial charge is 0.391 e. The van der Waals surface area contributed by atoms with Gasteiger partial charge >= 0.3 is 6.18 Å². The summed E-state index contributed by atoms with van der Waals surface area (Å²) in [5.74, 6) is -0.986. The van der Waals surface area contributed by atoms with Gasteiger partial charge in [0.2, 0.25) is 0 Å². The molecule has 0 aliphatic heterocycles. The summed E-state index contributed by atoms with van der Waals surface area (Å²) in [6.07, 6.45) is -5.47. The molecule has 1 unspecified atom stereocenters. The van der Waals surface area contributed by atoms with E-state index < -0.39 is 24.5 Å². The number of amides is 1. The summed E-state index contributed by atoms with van der Waals surface area (Å²) in [7, 11) is 0. The second-order valence-electron chi connectivity index (χ2n) is 4.91. The van der Waals surface area contributed by atoms with E-state index in [-0.39, 0.29) is 11.3 Å². The second-order valence-corrected chi connectivity index (χ2v) is 4.91. The Morgan fingerprint density at radius 3 is 2.38 bits per heavy atom. The summed E-state index contributed by atoms with van der Waals surface area (Å²) < 4.78 is 36.7. The molecular weight excluding hydrogens is 283 g/mol. The van der Waals surface area contributed by atoms with Crippen molar-refractivity contribution in [1.82, 2.24) is 5.32 Å². The van der Waals surface area contributed by atoms with Gasteiger partial charge in [-0.05, 0) is 29.8 Å². The number of phenols is 1. The first-order chi connectivity index (χ1) is 9.76. The van der Waals surface area contributed by atoms with Crippen LogP contribution in [0.15, 0.2) is 36.4 Å². The fraction of sp³-hybridized carbons (Fsp3) is 0.267. The zero-order chi connectivity index (χ0) is 15.6. The van der Waals surface area contributed by atoms with Crippen molar-refractivity contribution >= 4 is 16.7 Å². The molecule has 21 heavy (non-hydrogen) atoms. The highest BCUT2D eigenvalue weighted by molar-refractivity contribution is 6.01. The standard InChI is InChI=1S/C15H14F3NO2/c1-9(8-15(16,17)18)19-14(21)12-6-10-4-2-3-5-11(10)7-13(12)20/h2-7,9,20H,8H2,1H3,(H,19,21). The molecule has 6 heteroatoms. The molecule has 0 aromatic heterocycles. The molecule has 2 N–H and O–H groups in total. The summed E-state index contributed by atoms with van der Waals surface area (Å²) in [4.78, 5) is 12.0. The molecule has 3 nitrogen and oxygen atoms in total. The lowest BCUT2D eigenvalue weighted by atomic mass is 10.0. The van der Waals surface area contributed by atoms with E-state index in [4.69, 9.17) is 0 Å². The fourth-order valence-electron chi connectivity index (χ4n) is 2.11. The van der Waals surface area contributed by atoms with Crippen molar-refractivity contribution in [3.05, 3.63) is 42.0 Å². The van der Waals surface area contributed by atoms with Crippen molar-refractivity contribution in [2.75, 3.05) is 0 Å². The average Bonchev–Trinajstić information content (AvgIpc) is 2.35. The lowest BCUT2D eigenvalue weighted by Gasteiger charge is -2.16. The van der Waals surface area contributed by atoms with Crippen LogP contribution in [0.5, 0.6) is 5.75 Å². The summed E-state index contributed by atoms with van der Waals surface area (Å²) >= 11 is 0. The van der Waals surface area contributed by atoms with Crippen LogP contribution in [0.2, 0.25) is 0 Å². The SMILES string of the molecule is CC(CC(F)(F)F)NC(=O)c1cc2ccccc2cc1O. The van der Waals surface area contributed by atoms with E-state index in [2.05, 4.69) is 5.32 Å². The first kappa shape index (κ1) is 15.2. The minimum Gasteiger partial charge on any atom is -0.507 e. The molecule has 2 aromatic rings. The maximum atomic E-state index is 12.2. The minimum atomic E-state index is -4.35. The number of carbonyl (C=O) groups is 1. The van der Waals surface area contributed by atoms with Gasteiger partial charge in [0.05, 0.1) is 12.0 Å². The van der Waals surface area contributed by atoms with E-state index in [0.717, 1.165) is 10.8 Å². The third-order valence-electron chi connectivity index (χ3n) is 3.02. The number of phenolic OH excluding ortho intramolecular Hbond substituents is 1. The van der Waals surface area contributed by atoms with Crippen molar-refractivity contribution in [2.45, 2.75) is 25.6 Å². The van der Waals surface area contributed by atoms with E-state index in [1.54, 1.807) is 24.3 Å². The Balaban J connectivity index is 2.21. The van der Waals surface area contributed by atoms with Crippen molar-refractivity contribution < 1.29 is 23.1 Å². The molecule has 0 fully saturated rings. The Hall–Kier alpha value is -2.24. The van der Waals surface area contributed by atoms with E-state index in [1.165, 1.54) is 19.1 Å². The number of halogens is 3. The second kappa shape index (κ2) is 5.63. The molecule has 112 valence electrons. The number of benzene rings is 2. The first-order valence-electron chi connectivity index (χ1n) is 6.35. The highest BCUT2D eigenvalue weighted by atomic mass is 19.4. The maximum Gasteiger partial charge on any atom is 0.391 e. The predicted octanol–water partition coefficient (Wildman–Crippen LogP) is 3.62. The van der Waals surface area contributed by atoms with E-state index in [0.29, 0.717) is 0 Å². The summed E-state index contributed by atoms with van der Waals surface area (Å²) in [5, 5.41) is 13.6. The van der Waals surface area contributed by atoms with E-state index in [1.807, 2.05) is 0 Å². The zero-order valence-electron chi connectivity index (χ0n) is 11.2. The molecule has 2 aromatic carbocycles. The summed E-state index contributed by atoms with van der Waals surface area (Å²) in [6, 6.07) is 8.89. The number of nitrogens with one attached hydrogen (secondary N) is 1. The number of fused-ring (bicyclic) bond motifs is 1. The van der Waals surface area contributed by atoms with Crippen LogP contribution in [0.3, 0.4) is 0 Å². The molecule has 0 radical (unpaired) electrons. The van der Waals surface area contributed by atoms with Crippen molar-refractivity contribution in [2.24, 2.45) is 0 Å². The van der Waals surface area contributed by atoms with Crippen LogP contribution in [0.1, 0.15) is 23.7 Å². The molecule has 2 rings (SSSR count). The largest absolute Gasteiger partial charge is 0.507 e. The van der Waals surface area contributed by atoms with E-state index >= 15 is 0 Å². The van der Waals surface area contributed by atoms with Gasteiger partial charge in [-0.15, -0.1) is 0 Å². The van der Waals surface area contributed by atoms with Gasteiger partial charge in [0.25, 0.3) is 5.91 Å². The third-order valence-corrected chi connectivity index (χ3v) is 3.02. The number of hydrogen-bond donors (Lipinski definition) is 2. The molecule has 0 heterocycles. The Morgan fingerprint density at radius 1 is 1.24 bits per heavy atom. The van der Waals surface area contributed by atoms with Crippen molar-refractivity contribution in [3.8, 4) is 5.75 Å². The topological polar surface area (TPSA) is 49.3 Å². The van der Waals surface area contributed by atoms with Gasteiger partial charge in [-0.2, -0.15) is 13.2 Å². The average molecular weight is 297 g/mol. The maximum absolute atomic E-state index is 12.2. The normalized spacial score (nSPS) is 13.1. The Labute approximate surface area is 119 Å². The third kappa shape index (κ3) is 3.87. The fourth-order valence-corrected chi connectivity index (χ4v) is 2.11. The number of alkyl halides is 3. The highest BCUT2D eigenvalue weighted by Crippen LogP contribution is 2.26. The number of hydrogen-bond acceptors (Lipinski definition) is 2. The van der Waals surface area contributed by atoms with Gasteiger partial charge in [-0.3, -0.25) is 4.79 Å². The quantitative estimate of drug-likeness (QED) is 0.909. The van der Waals surface area contributed by atoms with Crippen LogP contribution < -0.4 is 5.32 Å². The molecule has 1 atom stereocenters. The molecule has 0 saturated carbocycles. The molecule has 0 bridgehead atoms. The van der Waals surface area contributed by atoms with E-state index in [9.17, 15) is 23.1 Å².